The molecule has 7 amide bonds. The van der Waals surface area contributed by atoms with Crippen LogP contribution < -0.4 is 31.5 Å². The Morgan fingerprint density at radius 3 is 1.19 bits per heavy atom. The van der Waals surface area contributed by atoms with Crippen molar-refractivity contribution < 1.29 is 72.8 Å². The summed E-state index contributed by atoms with van der Waals surface area (Å²) in [5.41, 5.74) is 5.85. The van der Waals surface area contributed by atoms with Crippen LogP contribution in [0.5, 0.6) is 5.75 Å². The molecule has 5 rings (SSSR count). The molecule has 0 radical (unpaired) electrons. The molecule has 5 aromatic carbocycles. The largest absolute Gasteiger partial charge is 0.508 e. The van der Waals surface area contributed by atoms with E-state index in [0.717, 1.165) is 54.5 Å². The van der Waals surface area contributed by atoms with Gasteiger partial charge in [0, 0.05) is 76.7 Å². The van der Waals surface area contributed by atoms with Crippen LogP contribution in [0.4, 0.5) is 10.1 Å². The Bertz CT molecular complexity index is 2910. The van der Waals surface area contributed by atoms with E-state index in [2.05, 4.69) is 33.5 Å². The molecule has 0 saturated carbocycles. The van der Waals surface area contributed by atoms with Gasteiger partial charge in [0.2, 0.25) is 41.4 Å². The van der Waals surface area contributed by atoms with Gasteiger partial charge in [0.1, 0.15) is 24.7 Å². The van der Waals surface area contributed by atoms with Gasteiger partial charge in [-0.2, -0.15) is 0 Å². The highest BCUT2D eigenvalue weighted by molar-refractivity contribution is 5.97. The first-order valence-corrected chi connectivity index (χ1v) is 32.6. The highest BCUT2D eigenvalue weighted by Gasteiger charge is 2.18. The van der Waals surface area contributed by atoms with Crippen molar-refractivity contribution in [2.24, 2.45) is 0 Å². The number of anilines is 1. The van der Waals surface area contributed by atoms with Crippen LogP contribution in [0.3, 0.4) is 0 Å². The number of aliphatic carboxylic acids is 3. The molecule has 0 aliphatic rings. The monoisotopic (exact) mass is 1320 g/mol. The number of phenols is 1. The van der Waals surface area contributed by atoms with Gasteiger partial charge in [0.05, 0.1) is 18.1 Å². The molecule has 0 aliphatic carbocycles. The van der Waals surface area contributed by atoms with Gasteiger partial charge >= 0.3 is 17.9 Å². The molecule has 0 fully saturated rings. The topological polar surface area (TPSA) is 318 Å². The zero-order chi connectivity index (χ0) is 72.1. The van der Waals surface area contributed by atoms with E-state index in [-0.39, 0.29) is 90.6 Å². The molecule has 3 atom stereocenters. The van der Waals surface area contributed by atoms with Gasteiger partial charge in [0.25, 0.3) is 0 Å². The van der Waals surface area contributed by atoms with E-state index in [0.29, 0.717) is 70.1 Å². The van der Waals surface area contributed by atoms with E-state index in [1.165, 1.54) is 27.5 Å². The van der Waals surface area contributed by atoms with Crippen LogP contribution in [0.25, 0.3) is 0 Å². The average molecular weight is 1320 g/mol. The van der Waals surface area contributed by atoms with Crippen molar-refractivity contribution in [3.63, 3.8) is 0 Å². The number of carboxylic acid groups (broad SMARTS) is 3. The molecule has 0 saturated heterocycles. The number of carboxylic acids is 3. The molecule has 22 heteroatoms. The van der Waals surface area contributed by atoms with Gasteiger partial charge in [-0.15, -0.1) is 0 Å². The first-order valence-electron chi connectivity index (χ1n) is 32.6. The van der Waals surface area contributed by atoms with Gasteiger partial charge in [-0.05, 0) is 97.7 Å². The van der Waals surface area contributed by atoms with Crippen molar-refractivity contribution in [3.8, 4) is 5.75 Å². The Hall–Kier alpha value is -9.47. The number of aromatic hydroxyl groups is 1. The summed E-state index contributed by atoms with van der Waals surface area (Å²) in [7, 11) is 0. The molecule has 3 unspecified atom stereocenters. The second-order valence-corrected chi connectivity index (χ2v) is 21.1. The second kappa shape index (κ2) is 54.0. The maximum atomic E-state index is 12.7. The standard InChI is InChI=1S/C13H17NO3.C12H16FNO.C12H17NO2.C12H17NO.C11H13NO3.C7H13NO3.C6H13NO/c1-3-12(15)14(9-13(16)17)8-11-6-4-10(2)5-7-11;1-3-11(14-12(15)4-2)9-5-7-10(13)8-6-9;1-3-11(13-12(15)4-2)9-5-7-10(14)8-6-9;1-3-11(13-12(14)4-2)10-8-6-5-7-9-10;1-2-10(13)12(8-11(14)15)9-6-4-3-5-7-9;1-2-6(9)8-5-3-4-7(10)11;1-3-5-7-6(8)4-2/h4-7H,3,8-9H2,1-2H3,(H,16,17);5-8,11H,3-4H2,1-2H3,(H,14,15);5-8,11,14H,3-4H2,1-2H3,(H,13,15);5-9,11H,3-4H2,1-2H3,(H,13,14);3-7H,2,8H2,1H3,(H,14,15);2-5H2,1H3,(H,8,9)(H,10,11);3-5H2,1-2H3,(H,7,8). The molecule has 524 valence electrons. The van der Waals surface area contributed by atoms with Gasteiger partial charge in [-0.25, -0.2) is 4.39 Å². The van der Waals surface area contributed by atoms with Crippen molar-refractivity contribution in [2.75, 3.05) is 31.1 Å². The third-order valence-electron chi connectivity index (χ3n) is 13.5. The summed E-state index contributed by atoms with van der Waals surface area (Å²) >= 11 is 0. The molecule has 95 heavy (non-hydrogen) atoms. The summed E-state index contributed by atoms with van der Waals surface area (Å²) in [6.07, 6.45) is 7.38. The number of halogens is 1. The predicted octanol–water partition coefficient (Wildman–Crippen LogP) is 12.5. The molecule has 0 bridgehead atoms. The highest BCUT2D eigenvalue weighted by Crippen LogP contribution is 2.21. The molecule has 5 aromatic rings. The number of para-hydroxylation sites is 1. The fraction of sp³-hybridized carbons (Fsp3) is 0.452. The van der Waals surface area contributed by atoms with E-state index >= 15 is 0 Å². The highest BCUT2D eigenvalue weighted by atomic mass is 19.1. The van der Waals surface area contributed by atoms with Crippen molar-refractivity contribution in [3.05, 3.63) is 167 Å². The lowest BCUT2D eigenvalue weighted by molar-refractivity contribution is -0.144. The SMILES string of the molecule is CCC(=O)N(CC(=O)O)Cc1ccc(C)cc1.CCC(=O)N(CC(=O)O)c1ccccc1.CCC(=O)NC(CC)c1ccc(F)cc1.CCC(=O)NC(CC)c1ccc(O)cc1.CCC(=O)NC(CC)c1ccccc1.CCC(=O)NCCCC(=O)O.CCCNC(=O)CC. The van der Waals surface area contributed by atoms with Crippen LogP contribution in [0.1, 0.15) is 206 Å². The molecular weight excluding hydrogens is 1220 g/mol. The number of amides is 7. The second-order valence-electron chi connectivity index (χ2n) is 21.1. The molecule has 0 aromatic heterocycles. The number of hydrogen-bond acceptors (Lipinski definition) is 11. The number of hydrogen-bond donors (Lipinski definition) is 9. The van der Waals surface area contributed by atoms with E-state index in [1.54, 1.807) is 69.3 Å². The number of carbonyl (C=O) groups is 10. The van der Waals surface area contributed by atoms with Crippen molar-refractivity contribution in [1.29, 1.82) is 0 Å². The maximum absolute atomic E-state index is 12.7. The number of nitrogens with zero attached hydrogens (tertiary/aromatic N) is 2. The summed E-state index contributed by atoms with van der Waals surface area (Å²) in [4.78, 5) is 112. The fourth-order valence-corrected chi connectivity index (χ4v) is 8.01. The van der Waals surface area contributed by atoms with Crippen LogP contribution in [-0.2, 0) is 54.5 Å². The van der Waals surface area contributed by atoms with Crippen molar-refractivity contribution in [2.45, 2.75) is 191 Å². The third-order valence-corrected chi connectivity index (χ3v) is 13.5. The molecule has 21 nitrogen and oxygen atoms in total. The number of carbonyl (C=O) groups excluding carboxylic acids is 7. The summed E-state index contributed by atoms with van der Waals surface area (Å²) in [6, 6.07) is 39.9. The average Bonchev–Trinajstić information content (AvgIpc) is 2.04. The van der Waals surface area contributed by atoms with E-state index in [1.807, 2.05) is 128 Å². The smallest absolute Gasteiger partial charge is 0.323 e. The van der Waals surface area contributed by atoms with Crippen LogP contribution in [0.2, 0.25) is 0 Å². The Balaban J connectivity index is 0. The summed E-state index contributed by atoms with van der Waals surface area (Å²) < 4.78 is 12.7. The Morgan fingerprint density at radius 1 is 0.432 bits per heavy atom. The number of phenolic OH excluding ortho intramolecular Hbond substituents is 1. The Labute approximate surface area is 562 Å². The minimum atomic E-state index is -1.01. The maximum Gasteiger partial charge on any atom is 0.323 e. The van der Waals surface area contributed by atoms with Gasteiger partial charge < -0.3 is 56.8 Å². The molecular formula is C73H106FN7O14. The fourth-order valence-electron chi connectivity index (χ4n) is 8.01. The van der Waals surface area contributed by atoms with Crippen molar-refractivity contribution >= 4 is 64.9 Å². The first kappa shape index (κ1) is 87.6. The summed E-state index contributed by atoms with van der Waals surface area (Å²) in [5.74, 6) is -2.87. The lowest BCUT2D eigenvalue weighted by atomic mass is 10.0. The van der Waals surface area contributed by atoms with Gasteiger partial charge in [-0.1, -0.05) is 179 Å². The number of rotatable bonds is 29. The summed E-state index contributed by atoms with van der Waals surface area (Å²) in [5, 5.41) is 49.0. The first-order chi connectivity index (χ1) is 45.3. The Kier molecular flexibility index (Phi) is 49.8. The predicted molar refractivity (Wildman–Crippen MR) is 370 cm³/mol. The van der Waals surface area contributed by atoms with Crippen LogP contribution >= 0.6 is 0 Å². The lowest BCUT2D eigenvalue weighted by Gasteiger charge is -2.20. The van der Waals surface area contributed by atoms with E-state index in [9.17, 15) is 52.3 Å². The normalized spacial score (nSPS) is 10.7. The van der Waals surface area contributed by atoms with E-state index < -0.39 is 17.9 Å². The molecule has 0 spiro atoms. The Morgan fingerprint density at radius 2 is 0.821 bits per heavy atom. The number of benzene rings is 5. The number of nitrogens with one attached hydrogen (secondary N) is 5. The quantitative estimate of drug-likeness (QED) is 0.0201. The van der Waals surface area contributed by atoms with Crippen LogP contribution in [-0.4, -0.2) is 111 Å². The van der Waals surface area contributed by atoms with Crippen molar-refractivity contribution in [1.82, 2.24) is 31.5 Å². The molecule has 9 N–H and O–H groups in total. The minimum Gasteiger partial charge on any atom is -0.508 e. The van der Waals surface area contributed by atoms with E-state index in [4.69, 9.17) is 20.4 Å². The zero-order valence-electron chi connectivity index (χ0n) is 57.8. The third kappa shape index (κ3) is 43.1. The van der Waals surface area contributed by atoms with Gasteiger partial charge in [0.15, 0.2) is 0 Å². The van der Waals surface area contributed by atoms with Crippen LogP contribution in [0.15, 0.2) is 133 Å². The summed E-state index contributed by atoms with van der Waals surface area (Å²) in [6.45, 7) is 23.7. The minimum absolute atomic E-state index is 0.0157. The molecule has 0 aliphatic heterocycles. The number of aryl methyl sites for hydroxylation is 1. The zero-order valence-corrected chi connectivity index (χ0v) is 57.8. The lowest BCUT2D eigenvalue weighted by Crippen LogP contribution is -2.35. The van der Waals surface area contributed by atoms with Crippen LogP contribution in [0, 0.1) is 12.7 Å². The molecule has 0 heterocycles. The van der Waals surface area contributed by atoms with Gasteiger partial charge in [-0.3, -0.25) is 47.9 Å².